The minimum absolute atomic E-state index is 0.231. The van der Waals surface area contributed by atoms with Crippen molar-refractivity contribution < 1.29 is 28.1 Å². The SMILES string of the molecule is COc1ccc(/C=C\c2cc(OC)c(OC)c(OC)c2)cc1OCCC/C=C/c1ccc(F)cc1. The summed E-state index contributed by atoms with van der Waals surface area (Å²) < 4.78 is 40.7. The number of methoxy groups -OCH3 is 4. The van der Waals surface area contributed by atoms with Gasteiger partial charge in [-0.15, -0.1) is 0 Å². The third kappa shape index (κ3) is 7.27. The Labute approximate surface area is 206 Å². The first-order chi connectivity index (χ1) is 17.1. The molecule has 6 heteroatoms. The smallest absolute Gasteiger partial charge is 0.203 e. The molecule has 0 unspecified atom stereocenters. The molecule has 0 aliphatic heterocycles. The number of unbranched alkanes of at least 4 members (excludes halogenated alkanes) is 1. The lowest BCUT2D eigenvalue weighted by Gasteiger charge is -2.13. The number of hydrogen-bond donors (Lipinski definition) is 0. The van der Waals surface area contributed by atoms with Crippen molar-refractivity contribution in [2.24, 2.45) is 0 Å². The van der Waals surface area contributed by atoms with Gasteiger partial charge in [0.15, 0.2) is 23.0 Å². The minimum Gasteiger partial charge on any atom is -0.493 e. The Morgan fingerprint density at radius 1 is 0.629 bits per heavy atom. The normalized spacial score (nSPS) is 11.1. The highest BCUT2D eigenvalue weighted by molar-refractivity contribution is 5.73. The predicted octanol–water partition coefficient (Wildman–Crippen LogP) is 6.90. The molecule has 5 nitrogen and oxygen atoms in total. The lowest BCUT2D eigenvalue weighted by molar-refractivity contribution is 0.290. The van der Waals surface area contributed by atoms with E-state index < -0.39 is 0 Å². The van der Waals surface area contributed by atoms with Crippen molar-refractivity contribution in [3.63, 3.8) is 0 Å². The van der Waals surface area contributed by atoms with Gasteiger partial charge in [-0.2, -0.15) is 0 Å². The Balaban J connectivity index is 1.63. The number of ether oxygens (including phenoxy) is 5. The maximum Gasteiger partial charge on any atom is 0.203 e. The summed E-state index contributed by atoms with van der Waals surface area (Å²) in [6.45, 7) is 0.546. The third-order valence-corrected chi connectivity index (χ3v) is 5.30. The first-order valence-electron chi connectivity index (χ1n) is 11.3. The molecule has 3 aromatic carbocycles. The Kier molecular flexibility index (Phi) is 9.60. The van der Waals surface area contributed by atoms with Crippen molar-refractivity contribution >= 4 is 18.2 Å². The van der Waals surface area contributed by atoms with Gasteiger partial charge in [0.25, 0.3) is 0 Å². The standard InChI is InChI=1S/C29H31FO5/c1-31-25-16-13-22(9-10-23-19-27(32-2)29(34-4)28(20-23)33-3)18-26(25)35-17-7-5-6-8-21-11-14-24(30)15-12-21/h6,8-16,18-20H,5,7,17H2,1-4H3/b8-6+,10-9-. The monoisotopic (exact) mass is 478 g/mol. The average molecular weight is 479 g/mol. The van der Waals surface area contributed by atoms with Crippen LogP contribution in [0.1, 0.15) is 29.5 Å². The molecule has 0 atom stereocenters. The Morgan fingerprint density at radius 3 is 1.86 bits per heavy atom. The molecule has 0 fully saturated rings. The van der Waals surface area contributed by atoms with E-state index in [-0.39, 0.29) is 5.82 Å². The van der Waals surface area contributed by atoms with Crippen molar-refractivity contribution in [2.45, 2.75) is 12.8 Å². The van der Waals surface area contributed by atoms with Gasteiger partial charge in [-0.3, -0.25) is 0 Å². The van der Waals surface area contributed by atoms with Gasteiger partial charge in [-0.1, -0.05) is 42.5 Å². The summed E-state index contributed by atoms with van der Waals surface area (Å²) in [7, 11) is 6.39. The minimum atomic E-state index is -0.231. The van der Waals surface area contributed by atoms with Crippen LogP contribution >= 0.6 is 0 Å². The van der Waals surface area contributed by atoms with Crippen LogP contribution in [-0.4, -0.2) is 35.0 Å². The van der Waals surface area contributed by atoms with Gasteiger partial charge in [0, 0.05) is 0 Å². The third-order valence-electron chi connectivity index (χ3n) is 5.30. The van der Waals surface area contributed by atoms with Crippen LogP contribution < -0.4 is 23.7 Å². The summed E-state index contributed by atoms with van der Waals surface area (Å²) in [4.78, 5) is 0. The number of allylic oxidation sites excluding steroid dienone is 1. The van der Waals surface area contributed by atoms with Gasteiger partial charge >= 0.3 is 0 Å². The second kappa shape index (κ2) is 13.1. The number of halogens is 1. The maximum atomic E-state index is 13.0. The van der Waals surface area contributed by atoms with Crippen molar-refractivity contribution in [2.75, 3.05) is 35.0 Å². The summed E-state index contributed by atoms with van der Waals surface area (Å²) in [5.41, 5.74) is 2.84. The molecule has 0 aromatic heterocycles. The average Bonchev–Trinajstić information content (AvgIpc) is 2.89. The van der Waals surface area contributed by atoms with Crippen molar-refractivity contribution in [1.29, 1.82) is 0 Å². The molecule has 184 valence electrons. The summed E-state index contributed by atoms with van der Waals surface area (Å²) >= 11 is 0. The molecule has 0 saturated heterocycles. The molecule has 0 heterocycles. The summed E-state index contributed by atoms with van der Waals surface area (Å²) in [6.07, 6.45) is 9.68. The molecular weight excluding hydrogens is 447 g/mol. The number of rotatable bonds is 12. The molecular formula is C29H31FO5. The highest BCUT2D eigenvalue weighted by Crippen LogP contribution is 2.38. The van der Waals surface area contributed by atoms with E-state index >= 15 is 0 Å². The number of hydrogen-bond acceptors (Lipinski definition) is 5. The van der Waals surface area contributed by atoms with Crippen LogP contribution in [0.3, 0.4) is 0 Å². The van der Waals surface area contributed by atoms with Crippen LogP contribution in [0.4, 0.5) is 4.39 Å². The zero-order chi connectivity index (χ0) is 25.0. The van der Waals surface area contributed by atoms with Crippen molar-refractivity contribution in [1.82, 2.24) is 0 Å². The van der Waals surface area contributed by atoms with E-state index in [0.717, 1.165) is 29.5 Å². The summed E-state index contributed by atoms with van der Waals surface area (Å²) in [6, 6.07) is 16.0. The van der Waals surface area contributed by atoms with Gasteiger partial charge in [-0.25, -0.2) is 4.39 Å². The van der Waals surface area contributed by atoms with E-state index in [4.69, 9.17) is 23.7 Å². The van der Waals surface area contributed by atoms with Crippen LogP contribution in [0.15, 0.2) is 60.7 Å². The second-order valence-electron chi connectivity index (χ2n) is 7.65. The lowest BCUT2D eigenvalue weighted by atomic mass is 10.1. The first kappa shape index (κ1) is 25.7. The van der Waals surface area contributed by atoms with E-state index in [1.165, 1.54) is 12.1 Å². The molecule has 0 N–H and O–H groups in total. The molecule has 0 aliphatic carbocycles. The Morgan fingerprint density at radius 2 is 1.23 bits per heavy atom. The van der Waals surface area contributed by atoms with Crippen LogP contribution in [0.5, 0.6) is 28.7 Å². The van der Waals surface area contributed by atoms with Gasteiger partial charge < -0.3 is 23.7 Å². The van der Waals surface area contributed by atoms with E-state index in [2.05, 4.69) is 6.08 Å². The highest BCUT2D eigenvalue weighted by Gasteiger charge is 2.12. The second-order valence-corrected chi connectivity index (χ2v) is 7.65. The lowest BCUT2D eigenvalue weighted by Crippen LogP contribution is -1.99. The van der Waals surface area contributed by atoms with Crippen LogP contribution in [0, 0.1) is 5.82 Å². The molecule has 35 heavy (non-hydrogen) atoms. The predicted molar refractivity (Wildman–Crippen MR) is 138 cm³/mol. The van der Waals surface area contributed by atoms with Crippen LogP contribution in [0.2, 0.25) is 0 Å². The van der Waals surface area contributed by atoms with Crippen LogP contribution in [-0.2, 0) is 0 Å². The fraction of sp³-hybridized carbons (Fsp3) is 0.241. The number of benzene rings is 3. The molecule has 3 aromatic rings. The maximum absolute atomic E-state index is 13.0. The molecule has 0 aliphatic rings. The highest BCUT2D eigenvalue weighted by atomic mass is 19.1. The molecule has 0 spiro atoms. The molecule has 0 bridgehead atoms. The quantitative estimate of drug-likeness (QED) is 0.209. The first-order valence-corrected chi connectivity index (χ1v) is 11.3. The Bertz CT molecular complexity index is 1130. The van der Waals surface area contributed by atoms with Crippen LogP contribution in [0.25, 0.3) is 18.2 Å². The van der Waals surface area contributed by atoms with E-state index in [0.29, 0.717) is 35.4 Å². The van der Waals surface area contributed by atoms with E-state index in [9.17, 15) is 4.39 Å². The topological polar surface area (TPSA) is 46.2 Å². The van der Waals surface area contributed by atoms with Gasteiger partial charge in [0.05, 0.1) is 35.0 Å². The molecule has 0 radical (unpaired) electrons. The molecule has 3 rings (SSSR count). The van der Waals surface area contributed by atoms with Gasteiger partial charge in [-0.05, 0) is 65.9 Å². The van der Waals surface area contributed by atoms with E-state index in [1.54, 1.807) is 40.6 Å². The Hall–Kier alpha value is -3.93. The summed E-state index contributed by atoms with van der Waals surface area (Å²) in [5.74, 6) is 2.88. The largest absolute Gasteiger partial charge is 0.493 e. The molecule has 0 saturated carbocycles. The van der Waals surface area contributed by atoms with Crippen molar-refractivity contribution in [3.05, 3.63) is 83.2 Å². The fourth-order valence-corrected chi connectivity index (χ4v) is 3.48. The van der Waals surface area contributed by atoms with Crippen molar-refractivity contribution in [3.8, 4) is 28.7 Å². The zero-order valence-corrected chi connectivity index (χ0v) is 20.5. The van der Waals surface area contributed by atoms with Gasteiger partial charge in [0.1, 0.15) is 5.82 Å². The molecule has 0 amide bonds. The fourth-order valence-electron chi connectivity index (χ4n) is 3.48. The summed E-state index contributed by atoms with van der Waals surface area (Å²) in [5, 5.41) is 0. The van der Waals surface area contributed by atoms with Gasteiger partial charge in [0.2, 0.25) is 5.75 Å². The van der Waals surface area contributed by atoms with E-state index in [1.807, 2.05) is 48.6 Å². The zero-order valence-electron chi connectivity index (χ0n) is 20.5.